The van der Waals surface area contributed by atoms with Crippen molar-refractivity contribution in [1.29, 1.82) is 0 Å². The molecule has 19 heavy (non-hydrogen) atoms. The molecule has 2 rings (SSSR count). The lowest BCUT2D eigenvalue weighted by Gasteiger charge is -2.28. The number of ether oxygens (including phenoxy) is 1. The fourth-order valence-corrected chi connectivity index (χ4v) is 2.36. The summed E-state index contributed by atoms with van der Waals surface area (Å²) in [5.41, 5.74) is 4.20. The van der Waals surface area contributed by atoms with Crippen molar-refractivity contribution in [2.75, 3.05) is 25.0 Å². The van der Waals surface area contributed by atoms with Gasteiger partial charge in [0.1, 0.15) is 5.75 Å². The van der Waals surface area contributed by atoms with Gasteiger partial charge < -0.3 is 10.1 Å². The van der Waals surface area contributed by atoms with Crippen LogP contribution in [0.2, 0.25) is 0 Å². The van der Waals surface area contributed by atoms with Crippen LogP contribution in [0.3, 0.4) is 0 Å². The molecule has 1 fully saturated rings. The Labute approximate surface area is 120 Å². The summed E-state index contributed by atoms with van der Waals surface area (Å²) in [5.74, 6) is 0.878. The highest BCUT2D eigenvalue weighted by atomic mass is 32.1. The maximum absolute atomic E-state index is 5.40. The Morgan fingerprint density at radius 2 is 1.89 bits per heavy atom. The first-order valence-corrected chi connectivity index (χ1v) is 7.24. The van der Waals surface area contributed by atoms with Crippen LogP contribution in [0.5, 0.6) is 5.75 Å². The summed E-state index contributed by atoms with van der Waals surface area (Å²) < 4.78 is 5.40. The van der Waals surface area contributed by atoms with E-state index in [-0.39, 0.29) is 0 Å². The maximum Gasteiger partial charge on any atom is 0.185 e. The van der Waals surface area contributed by atoms with Gasteiger partial charge in [-0.25, -0.2) is 5.01 Å². The number of hydrazine groups is 1. The van der Waals surface area contributed by atoms with Gasteiger partial charge in [-0.15, -0.1) is 0 Å². The van der Waals surface area contributed by atoms with Gasteiger partial charge in [-0.3, -0.25) is 5.43 Å². The monoisotopic (exact) mass is 279 g/mol. The second-order valence-electron chi connectivity index (χ2n) is 4.57. The highest BCUT2D eigenvalue weighted by Gasteiger charge is 2.10. The van der Waals surface area contributed by atoms with E-state index in [1.54, 1.807) is 0 Å². The first kappa shape index (κ1) is 14.1. The van der Waals surface area contributed by atoms with Gasteiger partial charge in [0.25, 0.3) is 0 Å². The lowest BCUT2D eigenvalue weighted by atomic mass is 10.2. The summed E-state index contributed by atoms with van der Waals surface area (Å²) >= 11 is 5.31. The first-order chi connectivity index (χ1) is 9.28. The van der Waals surface area contributed by atoms with E-state index in [0.717, 1.165) is 24.5 Å². The number of anilines is 1. The van der Waals surface area contributed by atoms with Crippen LogP contribution in [-0.2, 0) is 0 Å². The Balaban J connectivity index is 1.80. The number of hydrogen-bond donors (Lipinski definition) is 2. The Morgan fingerprint density at radius 1 is 1.21 bits per heavy atom. The van der Waals surface area contributed by atoms with Crippen molar-refractivity contribution in [3.63, 3.8) is 0 Å². The summed E-state index contributed by atoms with van der Waals surface area (Å²) in [7, 11) is 0. The topological polar surface area (TPSA) is 36.5 Å². The average Bonchev–Trinajstić information content (AvgIpc) is 2.42. The first-order valence-electron chi connectivity index (χ1n) is 6.83. The Hall–Kier alpha value is -1.33. The molecule has 5 heteroatoms. The van der Waals surface area contributed by atoms with Crippen molar-refractivity contribution in [3.05, 3.63) is 24.3 Å². The molecule has 1 saturated heterocycles. The zero-order valence-corrected chi connectivity index (χ0v) is 12.1. The predicted molar refractivity (Wildman–Crippen MR) is 82.4 cm³/mol. The van der Waals surface area contributed by atoms with E-state index >= 15 is 0 Å². The van der Waals surface area contributed by atoms with E-state index in [9.17, 15) is 0 Å². The van der Waals surface area contributed by atoms with E-state index < -0.39 is 0 Å². The van der Waals surface area contributed by atoms with Crippen molar-refractivity contribution in [1.82, 2.24) is 10.4 Å². The molecule has 1 heterocycles. The summed E-state index contributed by atoms with van der Waals surface area (Å²) in [4.78, 5) is 0. The minimum Gasteiger partial charge on any atom is -0.494 e. The number of nitrogens with one attached hydrogen (secondary N) is 2. The molecular formula is C14H21N3OS. The molecule has 0 bridgehead atoms. The average molecular weight is 279 g/mol. The van der Waals surface area contributed by atoms with E-state index in [1.165, 1.54) is 19.3 Å². The third-order valence-electron chi connectivity index (χ3n) is 3.04. The van der Waals surface area contributed by atoms with Crippen LogP contribution in [0.1, 0.15) is 26.2 Å². The van der Waals surface area contributed by atoms with E-state index in [0.29, 0.717) is 11.7 Å². The maximum atomic E-state index is 5.40. The molecule has 0 aliphatic carbocycles. The Bertz CT molecular complexity index is 402. The quantitative estimate of drug-likeness (QED) is 0.829. The van der Waals surface area contributed by atoms with Crippen LogP contribution in [0.4, 0.5) is 5.69 Å². The van der Waals surface area contributed by atoms with Crippen molar-refractivity contribution in [2.24, 2.45) is 0 Å². The predicted octanol–water partition coefficient (Wildman–Crippen LogP) is 2.77. The lowest BCUT2D eigenvalue weighted by Crippen LogP contribution is -2.46. The van der Waals surface area contributed by atoms with Gasteiger partial charge in [-0.1, -0.05) is 6.42 Å². The second-order valence-corrected chi connectivity index (χ2v) is 4.98. The van der Waals surface area contributed by atoms with E-state index in [1.807, 2.05) is 31.2 Å². The second kappa shape index (κ2) is 7.31. The number of piperidine rings is 1. The highest BCUT2D eigenvalue weighted by Crippen LogP contribution is 2.15. The van der Waals surface area contributed by atoms with E-state index in [4.69, 9.17) is 17.0 Å². The van der Waals surface area contributed by atoms with Gasteiger partial charge in [0.15, 0.2) is 5.11 Å². The van der Waals surface area contributed by atoms with Crippen LogP contribution in [-0.4, -0.2) is 29.8 Å². The fourth-order valence-electron chi connectivity index (χ4n) is 2.11. The molecule has 104 valence electrons. The zero-order valence-electron chi connectivity index (χ0n) is 11.3. The molecular weight excluding hydrogens is 258 g/mol. The van der Waals surface area contributed by atoms with Gasteiger partial charge in [-0.2, -0.15) is 0 Å². The molecule has 0 radical (unpaired) electrons. The molecule has 1 aromatic carbocycles. The van der Waals surface area contributed by atoms with Crippen LogP contribution in [0.15, 0.2) is 24.3 Å². The van der Waals surface area contributed by atoms with Crippen molar-refractivity contribution in [3.8, 4) is 5.75 Å². The number of hydrogen-bond acceptors (Lipinski definition) is 3. The molecule has 2 N–H and O–H groups in total. The molecule has 0 aromatic heterocycles. The highest BCUT2D eigenvalue weighted by molar-refractivity contribution is 7.80. The third kappa shape index (κ3) is 4.69. The van der Waals surface area contributed by atoms with Crippen molar-refractivity contribution in [2.45, 2.75) is 26.2 Å². The molecule has 4 nitrogen and oxygen atoms in total. The number of rotatable bonds is 4. The van der Waals surface area contributed by atoms with Gasteiger partial charge in [-0.05, 0) is 56.2 Å². The van der Waals surface area contributed by atoms with E-state index in [2.05, 4.69) is 15.8 Å². The van der Waals surface area contributed by atoms with Crippen LogP contribution >= 0.6 is 12.2 Å². The lowest BCUT2D eigenvalue weighted by molar-refractivity contribution is 0.196. The molecule has 0 saturated carbocycles. The van der Waals surface area contributed by atoms with Crippen LogP contribution in [0.25, 0.3) is 0 Å². The smallest absolute Gasteiger partial charge is 0.185 e. The summed E-state index contributed by atoms with van der Waals surface area (Å²) in [6, 6.07) is 7.81. The fraction of sp³-hybridized carbons (Fsp3) is 0.500. The summed E-state index contributed by atoms with van der Waals surface area (Å²) in [6.45, 7) is 4.78. The van der Waals surface area contributed by atoms with Crippen molar-refractivity contribution >= 4 is 23.0 Å². The number of benzene rings is 1. The van der Waals surface area contributed by atoms with Crippen LogP contribution in [0, 0.1) is 0 Å². The molecule has 0 atom stereocenters. The number of nitrogens with zero attached hydrogens (tertiary/aromatic N) is 1. The van der Waals surface area contributed by atoms with Crippen LogP contribution < -0.4 is 15.5 Å². The molecule has 1 aliphatic rings. The standard InChI is InChI=1S/C14H21N3OS/c1-2-18-13-8-6-12(7-9-13)15-14(19)16-17-10-4-3-5-11-17/h6-9H,2-5,10-11H2,1H3,(H2,15,16,19). The zero-order chi connectivity index (χ0) is 13.5. The molecule has 0 spiro atoms. The van der Waals surface area contributed by atoms with Gasteiger partial charge in [0.2, 0.25) is 0 Å². The molecule has 1 aromatic rings. The Kier molecular flexibility index (Phi) is 5.42. The minimum atomic E-state index is 0.644. The Morgan fingerprint density at radius 3 is 2.53 bits per heavy atom. The summed E-state index contributed by atoms with van der Waals surface area (Å²) in [5, 5.41) is 6.00. The van der Waals surface area contributed by atoms with Gasteiger partial charge >= 0.3 is 0 Å². The summed E-state index contributed by atoms with van der Waals surface area (Å²) in [6.07, 6.45) is 3.79. The normalized spacial score (nSPS) is 15.8. The molecule has 1 aliphatic heterocycles. The third-order valence-corrected chi connectivity index (χ3v) is 3.23. The van der Waals surface area contributed by atoms with Gasteiger partial charge in [0, 0.05) is 18.8 Å². The number of thiocarbonyl (C=S) groups is 1. The van der Waals surface area contributed by atoms with Crippen molar-refractivity contribution < 1.29 is 4.74 Å². The largest absolute Gasteiger partial charge is 0.494 e. The molecule has 0 amide bonds. The minimum absolute atomic E-state index is 0.644. The van der Waals surface area contributed by atoms with Gasteiger partial charge in [0.05, 0.1) is 6.61 Å². The SMILES string of the molecule is CCOc1ccc(NC(=S)NN2CCCCC2)cc1. The molecule has 0 unspecified atom stereocenters.